The third-order valence-electron chi connectivity index (χ3n) is 6.61. The summed E-state index contributed by atoms with van der Waals surface area (Å²) >= 11 is 0. The average molecular weight is 431 g/mol. The second-order valence-electron chi connectivity index (χ2n) is 8.83. The van der Waals surface area contributed by atoms with E-state index in [4.69, 9.17) is 0 Å². The number of likely N-dealkylation sites (N-methyl/N-ethyl adjacent to an activating group) is 1. The van der Waals surface area contributed by atoms with Gasteiger partial charge < -0.3 is 19.7 Å². The maximum Gasteiger partial charge on any atom is 0.257 e. The molecule has 0 radical (unpaired) electrons. The van der Waals surface area contributed by atoms with Crippen LogP contribution in [0.2, 0.25) is 0 Å². The van der Waals surface area contributed by atoms with Crippen molar-refractivity contribution < 1.29 is 4.79 Å². The molecule has 1 saturated heterocycles. The molecule has 4 rings (SSSR count). The average Bonchev–Trinajstić information content (AvgIpc) is 3.10. The molecular formula is C27H34N4O. The fourth-order valence-corrected chi connectivity index (χ4v) is 4.58. The third-order valence-corrected chi connectivity index (χ3v) is 6.61. The molecule has 1 amide bonds. The summed E-state index contributed by atoms with van der Waals surface area (Å²) in [7, 11) is 0. The largest absolute Gasteiger partial charge is 0.369 e. The van der Waals surface area contributed by atoms with E-state index in [2.05, 4.69) is 76.9 Å². The molecule has 0 aliphatic carbocycles. The summed E-state index contributed by atoms with van der Waals surface area (Å²) in [6.45, 7) is 15.8. The molecular weight excluding hydrogens is 396 g/mol. The van der Waals surface area contributed by atoms with E-state index in [1.165, 1.54) is 11.3 Å². The number of nitrogens with one attached hydrogen (secondary N) is 1. The van der Waals surface area contributed by atoms with E-state index >= 15 is 0 Å². The van der Waals surface area contributed by atoms with Gasteiger partial charge in [0.05, 0.1) is 5.56 Å². The molecule has 0 bridgehead atoms. The van der Waals surface area contributed by atoms with Gasteiger partial charge in [0.2, 0.25) is 0 Å². The van der Waals surface area contributed by atoms with Crippen LogP contribution in [0.1, 0.15) is 39.8 Å². The van der Waals surface area contributed by atoms with Crippen molar-refractivity contribution in [2.24, 2.45) is 0 Å². The highest BCUT2D eigenvalue weighted by atomic mass is 16.1. The summed E-state index contributed by atoms with van der Waals surface area (Å²) in [4.78, 5) is 18.1. The summed E-state index contributed by atoms with van der Waals surface area (Å²) < 4.78 is 2.14. The fourth-order valence-electron chi connectivity index (χ4n) is 4.58. The van der Waals surface area contributed by atoms with Gasteiger partial charge in [0.1, 0.15) is 0 Å². The first-order valence-corrected chi connectivity index (χ1v) is 11.5. The lowest BCUT2D eigenvalue weighted by molar-refractivity contribution is 0.102. The molecule has 5 heteroatoms. The van der Waals surface area contributed by atoms with Gasteiger partial charge in [-0.3, -0.25) is 4.79 Å². The van der Waals surface area contributed by atoms with Gasteiger partial charge in [-0.1, -0.05) is 24.6 Å². The minimum Gasteiger partial charge on any atom is -0.369 e. The lowest BCUT2D eigenvalue weighted by Crippen LogP contribution is -2.46. The zero-order valence-electron chi connectivity index (χ0n) is 19.9. The van der Waals surface area contributed by atoms with E-state index in [0.717, 1.165) is 61.0 Å². The summed E-state index contributed by atoms with van der Waals surface area (Å²) in [5.41, 5.74) is 8.19. The zero-order valence-corrected chi connectivity index (χ0v) is 19.9. The van der Waals surface area contributed by atoms with Gasteiger partial charge in [-0.15, -0.1) is 0 Å². The Morgan fingerprint density at radius 3 is 2.16 bits per heavy atom. The Morgan fingerprint density at radius 2 is 1.53 bits per heavy atom. The maximum atomic E-state index is 13.2. The number of aromatic nitrogens is 1. The van der Waals surface area contributed by atoms with E-state index in [9.17, 15) is 4.79 Å². The molecule has 168 valence electrons. The minimum atomic E-state index is -0.0659. The lowest BCUT2D eigenvalue weighted by atomic mass is 10.1. The number of hydrogen-bond donors (Lipinski definition) is 1. The second kappa shape index (κ2) is 9.21. The van der Waals surface area contributed by atoms with Gasteiger partial charge in [0.15, 0.2) is 0 Å². The van der Waals surface area contributed by atoms with E-state index in [1.54, 1.807) is 0 Å². The molecule has 1 aliphatic rings. The highest BCUT2D eigenvalue weighted by Gasteiger charge is 2.19. The van der Waals surface area contributed by atoms with Crippen LogP contribution in [0.15, 0.2) is 48.5 Å². The number of nitrogens with zero attached hydrogens (tertiary/aromatic N) is 3. The normalized spacial score (nSPS) is 14.6. The predicted molar refractivity (Wildman–Crippen MR) is 133 cm³/mol. The first-order chi connectivity index (χ1) is 15.4. The van der Waals surface area contributed by atoms with Gasteiger partial charge in [-0.25, -0.2) is 0 Å². The molecule has 32 heavy (non-hydrogen) atoms. The smallest absolute Gasteiger partial charge is 0.257 e. The van der Waals surface area contributed by atoms with Crippen molar-refractivity contribution in [1.82, 2.24) is 9.47 Å². The first kappa shape index (κ1) is 22.2. The van der Waals surface area contributed by atoms with Crippen molar-refractivity contribution in [2.45, 2.75) is 34.6 Å². The van der Waals surface area contributed by atoms with Crippen LogP contribution in [0.25, 0.3) is 5.69 Å². The number of anilines is 2. The monoisotopic (exact) mass is 430 g/mol. The number of piperazine rings is 1. The summed E-state index contributed by atoms with van der Waals surface area (Å²) in [6, 6.07) is 16.7. The van der Waals surface area contributed by atoms with E-state index in [1.807, 2.05) is 26.0 Å². The first-order valence-electron chi connectivity index (χ1n) is 11.5. The van der Waals surface area contributed by atoms with Crippen LogP contribution in [-0.4, -0.2) is 48.1 Å². The predicted octanol–water partition coefficient (Wildman–Crippen LogP) is 5.11. The lowest BCUT2D eigenvalue weighted by Gasteiger charge is -2.35. The van der Waals surface area contributed by atoms with Crippen LogP contribution in [-0.2, 0) is 0 Å². The highest BCUT2D eigenvalue weighted by Crippen LogP contribution is 2.26. The van der Waals surface area contributed by atoms with Crippen molar-refractivity contribution in [2.75, 3.05) is 42.9 Å². The molecule has 2 aromatic carbocycles. The van der Waals surface area contributed by atoms with Crippen LogP contribution >= 0.6 is 0 Å². The van der Waals surface area contributed by atoms with Crippen molar-refractivity contribution in [1.29, 1.82) is 0 Å². The molecule has 3 aromatic rings. The molecule has 2 heterocycles. The number of hydrogen-bond acceptors (Lipinski definition) is 3. The molecule has 0 unspecified atom stereocenters. The number of benzene rings is 2. The Kier molecular flexibility index (Phi) is 6.38. The molecule has 0 spiro atoms. The van der Waals surface area contributed by atoms with Gasteiger partial charge in [-0.2, -0.15) is 0 Å². The molecule has 1 N–H and O–H groups in total. The molecule has 0 atom stereocenters. The quantitative estimate of drug-likeness (QED) is 0.612. The van der Waals surface area contributed by atoms with Gasteiger partial charge >= 0.3 is 0 Å². The molecule has 0 saturated carbocycles. The second-order valence-corrected chi connectivity index (χ2v) is 8.83. The van der Waals surface area contributed by atoms with Crippen LogP contribution in [0.3, 0.4) is 0 Å². The van der Waals surface area contributed by atoms with E-state index in [0.29, 0.717) is 5.56 Å². The maximum absolute atomic E-state index is 13.2. The third kappa shape index (κ3) is 4.44. The molecule has 1 fully saturated rings. The van der Waals surface area contributed by atoms with E-state index < -0.39 is 0 Å². The molecule has 5 nitrogen and oxygen atoms in total. The summed E-state index contributed by atoms with van der Waals surface area (Å²) in [6.07, 6.45) is 0. The number of carbonyl (C=O) groups is 1. The van der Waals surface area contributed by atoms with Crippen LogP contribution < -0.4 is 10.2 Å². The topological polar surface area (TPSA) is 40.5 Å². The Hall–Kier alpha value is -3.05. The minimum absolute atomic E-state index is 0.0659. The van der Waals surface area contributed by atoms with Gasteiger partial charge in [0, 0.05) is 54.6 Å². The Balaban J connectivity index is 1.51. The summed E-state index contributed by atoms with van der Waals surface area (Å²) in [5, 5.41) is 3.14. The number of carbonyl (C=O) groups excluding carboxylic acids is 1. The number of aryl methyl sites for hydroxylation is 3. The van der Waals surface area contributed by atoms with Crippen LogP contribution in [0.4, 0.5) is 11.4 Å². The van der Waals surface area contributed by atoms with E-state index in [-0.39, 0.29) is 5.91 Å². The van der Waals surface area contributed by atoms with Crippen molar-refractivity contribution in [3.8, 4) is 5.69 Å². The SMILES string of the molecule is CCN1CCN(c2ccc(NC(=O)c3cc(C)n(-c4ccc(C)cc4)c3C)c(C)c2)CC1. The van der Waals surface area contributed by atoms with Crippen molar-refractivity contribution >= 4 is 17.3 Å². The molecule has 1 aliphatic heterocycles. The number of rotatable bonds is 5. The Bertz CT molecular complexity index is 1110. The van der Waals surface area contributed by atoms with Crippen LogP contribution in [0.5, 0.6) is 0 Å². The number of amides is 1. The highest BCUT2D eigenvalue weighted by molar-refractivity contribution is 6.06. The Labute approximate surface area is 191 Å². The Morgan fingerprint density at radius 1 is 0.875 bits per heavy atom. The fraction of sp³-hybridized carbons (Fsp3) is 0.370. The zero-order chi connectivity index (χ0) is 22.8. The molecule has 1 aromatic heterocycles. The van der Waals surface area contributed by atoms with Crippen LogP contribution in [0, 0.1) is 27.7 Å². The summed E-state index contributed by atoms with van der Waals surface area (Å²) in [5.74, 6) is -0.0659. The van der Waals surface area contributed by atoms with Gasteiger partial charge in [0.25, 0.3) is 5.91 Å². The van der Waals surface area contributed by atoms with Crippen molar-refractivity contribution in [3.05, 3.63) is 76.6 Å². The van der Waals surface area contributed by atoms with Crippen molar-refractivity contribution in [3.63, 3.8) is 0 Å². The standard InChI is InChI=1S/C27H34N4O/c1-6-29-13-15-30(16-14-29)24-11-12-26(20(3)17-24)28-27(32)25-18-21(4)31(22(25)5)23-9-7-19(2)8-10-23/h7-12,17-18H,6,13-16H2,1-5H3,(H,28,32). The van der Waals surface area contributed by atoms with Gasteiger partial charge in [-0.05, 0) is 76.2 Å².